The Morgan fingerprint density at radius 2 is 1.92 bits per heavy atom. The molecule has 0 bridgehead atoms. The fraction of sp³-hybridized carbons (Fsp3) is 0.400. The van der Waals surface area contributed by atoms with Crippen LogP contribution in [0.4, 0.5) is 0 Å². The van der Waals surface area contributed by atoms with Crippen LogP contribution in [0, 0.1) is 3.57 Å². The maximum absolute atomic E-state index is 8.72. The van der Waals surface area contributed by atoms with Gasteiger partial charge in [-0.1, -0.05) is 12.1 Å². The summed E-state index contributed by atoms with van der Waals surface area (Å²) >= 11 is 2.29. The third kappa shape index (κ3) is 4.06. The van der Waals surface area contributed by atoms with Gasteiger partial charge in [0.1, 0.15) is 0 Å². The van der Waals surface area contributed by atoms with Crippen molar-refractivity contribution in [2.45, 2.75) is 6.54 Å². The molecule has 0 aromatic heterocycles. The van der Waals surface area contributed by atoms with Crippen molar-refractivity contribution in [3.05, 3.63) is 33.4 Å². The molecule has 3 heteroatoms. The molecule has 13 heavy (non-hydrogen) atoms. The molecule has 0 saturated heterocycles. The Balaban J connectivity index is 2.49. The number of hydrogen-bond acceptors (Lipinski definition) is 2. The summed E-state index contributed by atoms with van der Waals surface area (Å²) in [5, 5.41) is 8.72. The fourth-order valence-corrected chi connectivity index (χ4v) is 1.51. The first-order valence-electron chi connectivity index (χ1n) is 4.26. The molecule has 0 atom stereocenters. The Hall–Kier alpha value is -0.130. The van der Waals surface area contributed by atoms with Gasteiger partial charge in [-0.2, -0.15) is 0 Å². The summed E-state index contributed by atoms with van der Waals surface area (Å²) in [6, 6.07) is 8.44. The van der Waals surface area contributed by atoms with E-state index in [0.29, 0.717) is 0 Å². The zero-order valence-electron chi connectivity index (χ0n) is 7.70. The lowest BCUT2D eigenvalue weighted by atomic mass is 10.2. The van der Waals surface area contributed by atoms with E-state index in [0.717, 1.165) is 13.1 Å². The maximum Gasteiger partial charge on any atom is 0.0558 e. The summed E-state index contributed by atoms with van der Waals surface area (Å²) in [6.45, 7) is 1.85. The molecule has 0 aliphatic heterocycles. The lowest BCUT2D eigenvalue weighted by Gasteiger charge is -2.14. The number of halogens is 1. The molecular formula is C10H14INO. The second kappa shape index (κ2) is 5.57. The first-order chi connectivity index (χ1) is 6.22. The molecule has 0 saturated carbocycles. The Kier molecular flexibility index (Phi) is 4.69. The standard InChI is InChI=1S/C10H14INO/c1-12(6-7-13)8-9-2-4-10(11)5-3-9/h2-5,13H,6-8H2,1H3. The number of aliphatic hydroxyl groups excluding tert-OH is 1. The lowest BCUT2D eigenvalue weighted by molar-refractivity contribution is 0.217. The SMILES string of the molecule is CN(CCO)Cc1ccc(I)cc1. The van der Waals surface area contributed by atoms with E-state index >= 15 is 0 Å². The Labute approximate surface area is 92.7 Å². The molecule has 1 aromatic carbocycles. The second-order valence-electron chi connectivity index (χ2n) is 3.09. The normalized spacial score (nSPS) is 10.8. The molecule has 2 nitrogen and oxygen atoms in total. The van der Waals surface area contributed by atoms with E-state index in [9.17, 15) is 0 Å². The van der Waals surface area contributed by atoms with Crippen molar-refractivity contribution < 1.29 is 5.11 Å². The Morgan fingerprint density at radius 1 is 1.31 bits per heavy atom. The van der Waals surface area contributed by atoms with Crippen LogP contribution in [0.5, 0.6) is 0 Å². The quantitative estimate of drug-likeness (QED) is 0.854. The van der Waals surface area contributed by atoms with Crippen molar-refractivity contribution in [3.63, 3.8) is 0 Å². The van der Waals surface area contributed by atoms with Gasteiger partial charge in [-0.05, 0) is 47.3 Å². The minimum absolute atomic E-state index is 0.223. The fourth-order valence-electron chi connectivity index (χ4n) is 1.15. The molecule has 0 unspecified atom stereocenters. The molecule has 0 aliphatic carbocycles. The minimum Gasteiger partial charge on any atom is -0.395 e. The van der Waals surface area contributed by atoms with Gasteiger partial charge in [-0.15, -0.1) is 0 Å². The van der Waals surface area contributed by atoms with Crippen LogP contribution in [0.15, 0.2) is 24.3 Å². The topological polar surface area (TPSA) is 23.5 Å². The predicted molar refractivity (Wildman–Crippen MR) is 62.6 cm³/mol. The van der Waals surface area contributed by atoms with Crippen molar-refractivity contribution in [1.82, 2.24) is 4.90 Å². The van der Waals surface area contributed by atoms with Crippen LogP contribution in [0.25, 0.3) is 0 Å². The van der Waals surface area contributed by atoms with Gasteiger partial charge < -0.3 is 5.11 Å². The van der Waals surface area contributed by atoms with Crippen molar-refractivity contribution in [2.24, 2.45) is 0 Å². The van der Waals surface area contributed by atoms with Crippen LogP contribution in [-0.4, -0.2) is 30.2 Å². The van der Waals surface area contributed by atoms with Crippen molar-refractivity contribution in [3.8, 4) is 0 Å². The average Bonchev–Trinajstić information content (AvgIpc) is 2.09. The summed E-state index contributed by atoms with van der Waals surface area (Å²) in [5.74, 6) is 0. The smallest absolute Gasteiger partial charge is 0.0558 e. The molecule has 0 amide bonds. The second-order valence-corrected chi connectivity index (χ2v) is 4.33. The summed E-state index contributed by atoms with van der Waals surface area (Å²) in [5.41, 5.74) is 1.29. The molecule has 72 valence electrons. The van der Waals surface area contributed by atoms with Crippen LogP contribution in [0.2, 0.25) is 0 Å². The van der Waals surface area contributed by atoms with Crippen LogP contribution in [0.3, 0.4) is 0 Å². The molecule has 0 spiro atoms. The van der Waals surface area contributed by atoms with Crippen molar-refractivity contribution >= 4 is 22.6 Å². The number of aliphatic hydroxyl groups is 1. The van der Waals surface area contributed by atoms with E-state index < -0.39 is 0 Å². The van der Waals surface area contributed by atoms with Gasteiger partial charge in [0, 0.05) is 16.7 Å². The summed E-state index contributed by atoms with van der Waals surface area (Å²) in [6.07, 6.45) is 0. The molecule has 1 rings (SSSR count). The lowest BCUT2D eigenvalue weighted by Crippen LogP contribution is -2.21. The largest absolute Gasteiger partial charge is 0.395 e. The first-order valence-corrected chi connectivity index (χ1v) is 5.34. The van der Waals surface area contributed by atoms with Gasteiger partial charge in [0.25, 0.3) is 0 Å². The van der Waals surface area contributed by atoms with Gasteiger partial charge in [-0.3, -0.25) is 4.90 Å². The van der Waals surface area contributed by atoms with Crippen LogP contribution < -0.4 is 0 Å². The van der Waals surface area contributed by atoms with E-state index in [1.807, 2.05) is 7.05 Å². The number of rotatable bonds is 4. The van der Waals surface area contributed by atoms with Crippen molar-refractivity contribution in [1.29, 1.82) is 0 Å². The average molecular weight is 291 g/mol. The van der Waals surface area contributed by atoms with E-state index in [4.69, 9.17) is 5.11 Å². The van der Waals surface area contributed by atoms with E-state index in [1.54, 1.807) is 0 Å². The minimum atomic E-state index is 0.223. The molecular weight excluding hydrogens is 277 g/mol. The highest BCUT2D eigenvalue weighted by Gasteiger charge is 1.98. The van der Waals surface area contributed by atoms with Crippen LogP contribution in [-0.2, 0) is 6.54 Å². The Morgan fingerprint density at radius 3 is 2.46 bits per heavy atom. The molecule has 0 radical (unpaired) electrons. The van der Waals surface area contributed by atoms with Gasteiger partial charge in [-0.25, -0.2) is 0 Å². The number of hydrogen-bond donors (Lipinski definition) is 1. The Bertz CT molecular complexity index is 248. The maximum atomic E-state index is 8.72. The number of benzene rings is 1. The van der Waals surface area contributed by atoms with Crippen LogP contribution >= 0.6 is 22.6 Å². The molecule has 0 heterocycles. The molecule has 0 fully saturated rings. The zero-order valence-corrected chi connectivity index (χ0v) is 9.86. The third-order valence-corrected chi connectivity index (χ3v) is 2.57. The number of likely N-dealkylation sites (N-methyl/N-ethyl adjacent to an activating group) is 1. The molecule has 0 aliphatic rings. The summed E-state index contributed by atoms with van der Waals surface area (Å²) in [4.78, 5) is 2.10. The third-order valence-electron chi connectivity index (χ3n) is 1.85. The van der Waals surface area contributed by atoms with E-state index in [-0.39, 0.29) is 6.61 Å². The molecule has 1 aromatic rings. The van der Waals surface area contributed by atoms with Gasteiger partial charge in [0.05, 0.1) is 6.61 Å². The van der Waals surface area contributed by atoms with E-state index in [1.165, 1.54) is 9.13 Å². The first kappa shape index (κ1) is 10.9. The van der Waals surface area contributed by atoms with Crippen LogP contribution in [0.1, 0.15) is 5.56 Å². The highest BCUT2D eigenvalue weighted by Crippen LogP contribution is 2.08. The highest BCUT2D eigenvalue weighted by atomic mass is 127. The summed E-state index contributed by atoms with van der Waals surface area (Å²) < 4.78 is 1.26. The van der Waals surface area contributed by atoms with Crippen molar-refractivity contribution in [2.75, 3.05) is 20.2 Å². The van der Waals surface area contributed by atoms with Gasteiger partial charge in [0.15, 0.2) is 0 Å². The molecule has 1 N–H and O–H groups in total. The van der Waals surface area contributed by atoms with Gasteiger partial charge in [0.2, 0.25) is 0 Å². The monoisotopic (exact) mass is 291 g/mol. The highest BCUT2D eigenvalue weighted by molar-refractivity contribution is 14.1. The zero-order chi connectivity index (χ0) is 9.68. The summed E-state index contributed by atoms with van der Waals surface area (Å²) in [7, 11) is 2.01. The predicted octanol–water partition coefficient (Wildman–Crippen LogP) is 1.72. The van der Waals surface area contributed by atoms with Gasteiger partial charge >= 0.3 is 0 Å². The number of nitrogens with zero attached hydrogens (tertiary/aromatic N) is 1. The van der Waals surface area contributed by atoms with E-state index in [2.05, 4.69) is 51.8 Å².